The molecule has 0 bridgehead atoms. The van der Waals surface area contributed by atoms with E-state index in [2.05, 4.69) is 6.92 Å². The standard InChI is InChI=1S/C27H48NO6P/c1-4-5-6-7-8-9-10-11-12-20-32-27-17-15-25(16-18-27)13-14-26(22-24(2)29)23-34-35(30,31)33-21-19-28-3/h15-18,26,28H,4-14,19-23H2,1-3H3,(H,30,31)/p+1. The van der Waals surface area contributed by atoms with Gasteiger partial charge in [0.15, 0.2) is 0 Å². The summed E-state index contributed by atoms with van der Waals surface area (Å²) in [5, 5.41) is 1.85. The molecule has 0 aliphatic carbocycles. The van der Waals surface area contributed by atoms with Gasteiger partial charge in [-0.05, 0) is 49.8 Å². The number of carbonyl (C=O) groups is 1. The topological polar surface area (TPSA) is 98.7 Å². The third kappa shape index (κ3) is 17.8. The zero-order chi connectivity index (χ0) is 25.8. The average molecular weight is 515 g/mol. The summed E-state index contributed by atoms with van der Waals surface area (Å²) in [7, 11) is -2.24. The fourth-order valence-electron chi connectivity index (χ4n) is 3.90. The number of phosphoric acid groups is 1. The highest BCUT2D eigenvalue weighted by Gasteiger charge is 2.24. The number of ether oxygens (including phenoxy) is 1. The van der Waals surface area contributed by atoms with Crippen molar-refractivity contribution in [3.05, 3.63) is 29.8 Å². The minimum absolute atomic E-state index is 0.0170. The Morgan fingerprint density at radius 2 is 1.60 bits per heavy atom. The molecule has 3 N–H and O–H groups in total. The largest absolute Gasteiger partial charge is 0.494 e. The van der Waals surface area contributed by atoms with Crippen LogP contribution >= 0.6 is 7.82 Å². The van der Waals surface area contributed by atoms with E-state index in [4.69, 9.17) is 13.8 Å². The number of likely N-dealkylation sites (N-methyl/N-ethyl adjacent to an activating group) is 1. The average Bonchev–Trinajstić information content (AvgIpc) is 2.82. The maximum absolute atomic E-state index is 12.0. The molecule has 202 valence electrons. The maximum Gasteiger partial charge on any atom is 0.472 e. The SMILES string of the molecule is CCCCCCCCCCCOc1ccc(CCC(COP(=O)(O)OCC[NH2+]C)CC(C)=O)cc1. The molecule has 35 heavy (non-hydrogen) atoms. The third-order valence-corrected chi connectivity index (χ3v) is 6.98. The first kappa shape index (κ1) is 31.8. The fraction of sp³-hybridized carbons (Fsp3) is 0.741. The van der Waals surface area contributed by atoms with E-state index in [1.54, 1.807) is 0 Å². The van der Waals surface area contributed by atoms with Crippen molar-refractivity contribution in [2.45, 2.75) is 90.9 Å². The van der Waals surface area contributed by atoms with Gasteiger partial charge in [0.25, 0.3) is 0 Å². The summed E-state index contributed by atoms with van der Waals surface area (Å²) in [6.45, 7) is 5.24. The predicted octanol–water partition coefficient (Wildman–Crippen LogP) is 5.45. The predicted molar refractivity (Wildman–Crippen MR) is 141 cm³/mol. The number of ketones is 1. The van der Waals surface area contributed by atoms with E-state index >= 15 is 0 Å². The van der Waals surface area contributed by atoms with E-state index in [1.165, 1.54) is 58.3 Å². The number of hydrogen-bond acceptors (Lipinski definition) is 5. The second kappa shape index (κ2) is 19.9. The van der Waals surface area contributed by atoms with E-state index in [0.29, 0.717) is 19.4 Å². The van der Waals surface area contributed by atoms with Crippen molar-refractivity contribution in [3.63, 3.8) is 0 Å². The second-order valence-corrected chi connectivity index (χ2v) is 10.9. The van der Waals surface area contributed by atoms with Crippen LogP contribution in [0.1, 0.15) is 90.0 Å². The first-order valence-electron chi connectivity index (χ1n) is 13.5. The van der Waals surface area contributed by atoms with Crippen LogP contribution in [-0.4, -0.2) is 44.1 Å². The molecule has 0 radical (unpaired) electrons. The van der Waals surface area contributed by atoms with Crippen molar-refractivity contribution < 1.29 is 33.4 Å². The summed E-state index contributed by atoms with van der Waals surface area (Å²) < 4.78 is 28.0. The van der Waals surface area contributed by atoms with E-state index in [0.717, 1.165) is 30.8 Å². The van der Waals surface area contributed by atoms with Crippen LogP contribution in [0.2, 0.25) is 0 Å². The number of aryl methyl sites for hydroxylation is 1. The Labute approximate surface area is 212 Å². The summed E-state index contributed by atoms with van der Waals surface area (Å²) in [6.07, 6.45) is 13.4. The zero-order valence-corrected chi connectivity index (χ0v) is 23.1. The van der Waals surface area contributed by atoms with Crippen molar-refractivity contribution in [2.75, 3.05) is 33.4 Å². The molecule has 1 rings (SSSR count). The number of hydrogen-bond donors (Lipinski definition) is 2. The smallest absolute Gasteiger partial charge is 0.472 e. The number of unbranched alkanes of at least 4 members (excludes halogenated alkanes) is 8. The molecular weight excluding hydrogens is 465 g/mol. The Morgan fingerprint density at radius 1 is 0.971 bits per heavy atom. The molecule has 1 aromatic rings. The molecule has 0 amide bonds. The van der Waals surface area contributed by atoms with Crippen LogP contribution in [0.4, 0.5) is 0 Å². The number of rotatable bonds is 23. The van der Waals surface area contributed by atoms with Crippen LogP contribution in [0.15, 0.2) is 24.3 Å². The van der Waals surface area contributed by atoms with E-state index in [9.17, 15) is 14.3 Å². The molecule has 7 nitrogen and oxygen atoms in total. The molecule has 2 atom stereocenters. The third-order valence-electron chi connectivity index (χ3n) is 5.99. The van der Waals surface area contributed by atoms with Crippen LogP contribution in [0.25, 0.3) is 0 Å². The number of benzene rings is 1. The first-order chi connectivity index (χ1) is 16.9. The van der Waals surface area contributed by atoms with Crippen LogP contribution in [0, 0.1) is 5.92 Å². The number of nitrogens with two attached hydrogens (primary N) is 1. The second-order valence-electron chi connectivity index (χ2n) is 9.43. The van der Waals surface area contributed by atoms with Gasteiger partial charge in [-0.1, -0.05) is 70.4 Å². The summed E-state index contributed by atoms with van der Waals surface area (Å²) >= 11 is 0. The number of carbonyl (C=O) groups excluding carboxylic acids is 1. The van der Waals surface area contributed by atoms with Gasteiger partial charge in [0.1, 0.15) is 18.1 Å². The van der Waals surface area contributed by atoms with Gasteiger partial charge in [0.05, 0.1) is 26.8 Å². The molecule has 2 unspecified atom stereocenters. The maximum atomic E-state index is 12.0. The molecule has 0 saturated carbocycles. The van der Waals surface area contributed by atoms with Gasteiger partial charge in [-0.25, -0.2) is 4.57 Å². The first-order valence-corrected chi connectivity index (χ1v) is 15.0. The Bertz CT molecular complexity index is 712. The van der Waals surface area contributed by atoms with E-state index in [1.807, 2.05) is 36.6 Å². The Kier molecular flexibility index (Phi) is 18.1. The summed E-state index contributed by atoms with van der Waals surface area (Å²) in [6, 6.07) is 8.05. The molecular formula is C27H49NO6P+. The monoisotopic (exact) mass is 514 g/mol. The lowest BCUT2D eigenvalue weighted by molar-refractivity contribution is -0.627. The molecule has 0 spiro atoms. The Morgan fingerprint density at radius 3 is 2.20 bits per heavy atom. The quantitative estimate of drug-likeness (QED) is 0.149. The highest BCUT2D eigenvalue weighted by Crippen LogP contribution is 2.43. The van der Waals surface area contributed by atoms with E-state index < -0.39 is 7.82 Å². The van der Waals surface area contributed by atoms with Crippen molar-refractivity contribution in [1.82, 2.24) is 0 Å². The molecule has 0 aliphatic rings. The lowest BCUT2D eigenvalue weighted by Gasteiger charge is -2.18. The molecule has 0 saturated heterocycles. The molecule has 0 fully saturated rings. The van der Waals surface area contributed by atoms with Gasteiger partial charge in [-0.3, -0.25) is 9.05 Å². The van der Waals surface area contributed by atoms with Crippen LogP contribution in [0.3, 0.4) is 0 Å². The Balaban J connectivity index is 2.30. The molecule has 0 heterocycles. The lowest BCUT2D eigenvalue weighted by Crippen LogP contribution is -2.80. The normalized spacial score (nSPS) is 13.9. The fourth-order valence-corrected chi connectivity index (χ4v) is 4.71. The summed E-state index contributed by atoms with van der Waals surface area (Å²) in [5.74, 6) is 0.768. The Hall–Kier alpha value is -1.24. The van der Waals surface area contributed by atoms with Gasteiger partial charge < -0.3 is 19.7 Å². The van der Waals surface area contributed by atoms with Gasteiger partial charge in [0, 0.05) is 6.42 Å². The van der Waals surface area contributed by atoms with Gasteiger partial charge in [0.2, 0.25) is 0 Å². The van der Waals surface area contributed by atoms with Gasteiger partial charge in [-0.15, -0.1) is 0 Å². The van der Waals surface area contributed by atoms with Crippen molar-refractivity contribution >= 4 is 13.6 Å². The highest BCUT2D eigenvalue weighted by molar-refractivity contribution is 7.47. The minimum atomic E-state index is -4.10. The highest BCUT2D eigenvalue weighted by atomic mass is 31.2. The van der Waals surface area contributed by atoms with Crippen molar-refractivity contribution in [2.24, 2.45) is 5.92 Å². The minimum Gasteiger partial charge on any atom is -0.494 e. The molecule has 0 aromatic heterocycles. The zero-order valence-electron chi connectivity index (χ0n) is 22.2. The molecule has 1 aromatic carbocycles. The number of quaternary nitrogens is 1. The van der Waals surface area contributed by atoms with E-state index in [-0.39, 0.29) is 24.9 Å². The van der Waals surface area contributed by atoms with Crippen molar-refractivity contribution in [3.8, 4) is 5.75 Å². The molecule has 0 aliphatic heterocycles. The molecule has 8 heteroatoms. The van der Waals surface area contributed by atoms with Gasteiger partial charge in [-0.2, -0.15) is 0 Å². The lowest BCUT2D eigenvalue weighted by atomic mass is 9.96. The van der Waals surface area contributed by atoms with Crippen molar-refractivity contribution in [1.29, 1.82) is 0 Å². The number of phosphoric ester groups is 1. The summed E-state index contributed by atoms with van der Waals surface area (Å²) in [4.78, 5) is 21.5. The summed E-state index contributed by atoms with van der Waals surface area (Å²) in [5.41, 5.74) is 1.14. The number of Topliss-reactive ketones (excluding diaryl/α,β-unsaturated/α-hetero) is 1. The van der Waals surface area contributed by atoms with Crippen LogP contribution in [0.5, 0.6) is 5.75 Å². The van der Waals surface area contributed by atoms with Gasteiger partial charge >= 0.3 is 7.82 Å². The van der Waals surface area contributed by atoms with Crippen LogP contribution in [-0.2, 0) is 24.8 Å². The van der Waals surface area contributed by atoms with Crippen LogP contribution < -0.4 is 10.1 Å².